The summed E-state index contributed by atoms with van der Waals surface area (Å²) >= 11 is 0. The third kappa shape index (κ3) is 8.31. The molecule has 3 atom stereocenters. The Labute approximate surface area is 253 Å². The molecule has 0 heterocycles. The maximum atomic E-state index is 12.7. The van der Waals surface area contributed by atoms with Crippen LogP contribution in [0.3, 0.4) is 0 Å². The molecule has 5 fully saturated rings. The SMILES string of the molecule is C/C(NCC12CC3CC(C1)C(NCC1CCC(O)CC1)C(C3)C2)=C(C#N)\C=N/C(C)NCc1ccccc1OC(F)(F)F. The number of halogens is 3. The summed E-state index contributed by atoms with van der Waals surface area (Å²) in [6.07, 6.45) is 6.74. The first-order valence-electron chi connectivity index (χ1n) is 15.9. The van der Waals surface area contributed by atoms with Crippen LogP contribution < -0.4 is 20.7 Å². The van der Waals surface area contributed by atoms with Crippen LogP contribution in [0.15, 0.2) is 40.5 Å². The highest BCUT2D eigenvalue weighted by molar-refractivity contribution is 5.84. The number of para-hydroxylation sites is 1. The van der Waals surface area contributed by atoms with E-state index in [9.17, 15) is 23.5 Å². The smallest absolute Gasteiger partial charge is 0.405 e. The van der Waals surface area contributed by atoms with Gasteiger partial charge in [-0.1, -0.05) is 18.2 Å². The molecule has 1 aromatic rings. The average Bonchev–Trinajstić information content (AvgIpc) is 2.95. The zero-order valence-corrected chi connectivity index (χ0v) is 25.3. The van der Waals surface area contributed by atoms with E-state index in [4.69, 9.17) is 0 Å². The molecule has 10 heteroatoms. The first-order chi connectivity index (χ1) is 20.5. The lowest BCUT2D eigenvalue weighted by Gasteiger charge is -2.60. The van der Waals surface area contributed by atoms with Crippen molar-refractivity contribution in [2.45, 2.75) is 103 Å². The Morgan fingerprint density at radius 3 is 2.53 bits per heavy atom. The van der Waals surface area contributed by atoms with Crippen molar-refractivity contribution in [1.29, 1.82) is 5.26 Å². The number of rotatable bonds is 12. The Balaban J connectivity index is 1.12. The molecule has 0 amide bonds. The Hall–Kier alpha value is -2.61. The van der Waals surface area contributed by atoms with Crippen molar-refractivity contribution in [3.8, 4) is 11.8 Å². The average molecular weight is 602 g/mol. The molecule has 1 aromatic carbocycles. The molecule has 0 spiro atoms. The maximum Gasteiger partial charge on any atom is 0.573 e. The van der Waals surface area contributed by atoms with E-state index in [1.54, 1.807) is 25.3 Å². The summed E-state index contributed by atoms with van der Waals surface area (Å²) in [7, 11) is 0. The van der Waals surface area contributed by atoms with Crippen LogP contribution in [0.5, 0.6) is 5.75 Å². The molecule has 43 heavy (non-hydrogen) atoms. The number of hydrogen-bond donors (Lipinski definition) is 4. The number of alkyl halides is 3. The van der Waals surface area contributed by atoms with Crippen molar-refractivity contribution in [2.24, 2.45) is 34.1 Å². The molecule has 4 bridgehead atoms. The molecule has 0 saturated heterocycles. The highest BCUT2D eigenvalue weighted by Gasteiger charge is 2.55. The normalized spacial score (nSPS) is 33.2. The summed E-state index contributed by atoms with van der Waals surface area (Å²) in [5.41, 5.74) is 1.89. The second-order valence-electron chi connectivity index (χ2n) is 13.6. The van der Waals surface area contributed by atoms with E-state index in [0.29, 0.717) is 34.9 Å². The van der Waals surface area contributed by atoms with Gasteiger partial charge in [0.05, 0.1) is 17.8 Å². The van der Waals surface area contributed by atoms with Crippen LogP contribution in [-0.2, 0) is 6.54 Å². The van der Waals surface area contributed by atoms with Gasteiger partial charge >= 0.3 is 6.36 Å². The Morgan fingerprint density at radius 2 is 1.86 bits per heavy atom. The van der Waals surface area contributed by atoms with Gasteiger partial charge < -0.3 is 20.5 Å². The fraction of sp³-hybridized carbons (Fsp3) is 0.697. The molecule has 0 aliphatic heterocycles. The van der Waals surface area contributed by atoms with E-state index in [1.165, 1.54) is 44.2 Å². The molecule has 5 saturated carbocycles. The largest absolute Gasteiger partial charge is 0.573 e. The lowest BCUT2D eigenvalue weighted by atomic mass is 9.48. The number of aliphatic imine (C=N–C) groups is 1. The second-order valence-corrected chi connectivity index (χ2v) is 13.6. The molecule has 7 nitrogen and oxygen atoms in total. The second kappa shape index (κ2) is 13.6. The topological polar surface area (TPSA) is 102 Å². The standard InChI is InChI=1S/C33H46F3N5O2/c1-21(28(16-37)19-39-22(2)38-18-25-5-3-4-6-30(25)43-33(34,35)36)41-20-32-13-24-11-26(14-32)31(27(12-24)15-32)40-17-23-7-9-29(42)10-8-23/h3-6,19,22-24,26-27,29,31,38,40-42H,7-15,17-18,20H2,1-2H3/b28-21+,39-19-. The van der Waals surface area contributed by atoms with Crippen LogP contribution in [0.1, 0.15) is 77.2 Å². The summed E-state index contributed by atoms with van der Waals surface area (Å²) in [6.45, 7) is 5.78. The number of aliphatic hydroxyl groups is 1. The van der Waals surface area contributed by atoms with Crippen LogP contribution in [0, 0.1) is 40.4 Å². The molecular weight excluding hydrogens is 555 g/mol. The van der Waals surface area contributed by atoms with Gasteiger partial charge in [-0.3, -0.25) is 10.3 Å². The van der Waals surface area contributed by atoms with Gasteiger partial charge in [-0.25, -0.2) is 0 Å². The van der Waals surface area contributed by atoms with Gasteiger partial charge in [0.2, 0.25) is 0 Å². The number of nitriles is 1. The first kappa shape index (κ1) is 31.8. The van der Waals surface area contributed by atoms with Crippen LogP contribution in [0.2, 0.25) is 0 Å². The zero-order chi connectivity index (χ0) is 30.6. The van der Waals surface area contributed by atoms with Crippen LogP contribution in [0.25, 0.3) is 0 Å². The van der Waals surface area contributed by atoms with E-state index in [2.05, 4.69) is 31.7 Å². The van der Waals surface area contributed by atoms with E-state index >= 15 is 0 Å². The molecule has 5 aliphatic rings. The van der Waals surface area contributed by atoms with Crippen molar-refractivity contribution < 1.29 is 23.0 Å². The van der Waals surface area contributed by atoms with Crippen LogP contribution in [-0.4, -0.2) is 49.1 Å². The number of aliphatic hydroxyl groups excluding tert-OH is 1. The van der Waals surface area contributed by atoms with Gasteiger partial charge in [-0.15, -0.1) is 13.2 Å². The van der Waals surface area contributed by atoms with Crippen LogP contribution in [0.4, 0.5) is 13.2 Å². The van der Waals surface area contributed by atoms with Crippen molar-refractivity contribution in [2.75, 3.05) is 13.1 Å². The van der Waals surface area contributed by atoms with Gasteiger partial charge in [0.1, 0.15) is 11.8 Å². The number of benzene rings is 1. The lowest BCUT2D eigenvalue weighted by molar-refractivity contribution is -0.274. The molecule has 4 N–H and O–H groups in total. The molecule has 3 unspecified atom stereocenters. The van der Waals surface area contributed by atoms with Gasteiger partial charge in [-0.2, -0.15) is 5.26 Å². The molecular formula is C33H46F3N5O2. The summed E-state index contributed by atoms with van der Waals surface area (Å²) in [5, 5.41) is 30.3. The number of allylic oxidation sites excluding steroid dienone is 2. The maximum absolute atomic E-state index is 12.7. The molecule has 6 rings (SSSR count). The number of nitrogens with one attached hydrogen (secondary N) is 3. The number of hydrogen-bond acceptors (Lipinski definition) is 7. The summed E-state index contributed by atoms with van der Waals surface area (Å²) < 4.78 is 42.3. The molecule has 0 aromatic heterocycles. The van der Waals surface area contributed by atoms with Crippen molar-refractivity contribution in [1.82, 2.24) is 16.0 Å². The summed E-state index contributed by atoms with van der Waals surface area (Å²) in [6, 6.07) is 8.87. The third-order valence-electron chi connectivity index (χ3n) is 10.3. The molecule has 236 valence electrons. The fourth-order valence-corrected chi connectivity index (χ4v) is 8.39. The Morgan fingerprint density at radius 1 is 1.16 bits per heavy atom. The molecule has 0 radical (unpaired) electrons. The lowest BCUT2D eigenvalue weighted by Crippen LogP contribution is -2.60. The van der Waals surface area contributed by atoms with E-state index in [1.807, 2.05) is 6.92 Å². The highest BCUT2D eigenvalue weighted by Crippen LogP contribution is 2.59. The predicted octanol–water partition coefficient (Wildman–Crippen LogP) is 5.81. The third-order valence-corrected chi connectivity index (χ3v) is 10.3. The van der Waals surface area contributed by atoms with Gasteiger partial charge in [0.15, 0.2) is 0 Å². The highest BCUT2D eigenvalue weighted by atomic mass is 19.4. The van der Waals surface area contributed by atoms with E-state index in [0.717, 1.165) is 50.4 Å². The summed E-state index contributed by atoms with van der Waals surface area (Å²) in [4.78, 5) is 4.44. The molecule has 5 aliphatic carbocycles. The Bertz CT molecular complexity index is 1190. The predicted molar refractivity (Wildman–Crippen MR) is 160 cm³/mol. The van der Waals surface area contributed by atoms with Crippen LogP contribution >= 0.6 is 0 Å². The van der Waals surface area contributed by atoms with Crippen molar-refractivity contribution >= 4 is 6.21 Å². The van der Waals surface area contributed by atoms with E-state index < -0.39 is 12.5 Å². The number of ether oxygens (including phenoxy) is 1. The van der Waals surface area contributed by atoms with Gasteiger partial charge in [0.25, 0.3) is 0 Å². The fourth-order valence-electron chi connectivity index (χ4n) is 8.39. The van der Waals surface area contributed by atoms with Crippen molar-refractivity contribution in [3.05, 3.63) is 41.1 Å². The minimum Gasteiger partial charge on any atom is -0.405 e. The monoisotopic (exact) mass is 601 g/mol. The quantitative estimate of drug-likeness (QED) is 0.178. The first-order valence-corrected chi connectivity index (χ1v) is 15.9. The zero-order valence-electron chi connectivity index (χ0n) is 25.3. The minimum absolute atomic E-state index is 0.103. The minimum atomic E-state index is -4.76. The number of nitrogens with zero attached hydrogens (tertiary/aromatic N) is 2. The summed E-state index contributed by atoms with van der Waals surface area (Å²) in [5.74, 6) is 2.66. The Kier molecular flexibility index (Phi) is 10.0. The van der Waals surface area contributed by atoms with Crippen molar-refractivity contribution in [3.63, 3.8) is 0 Å². The van der Waals surface area contributed by atoms with Gasteiger partial charge in [0, 0.05) is 36.6 Å². The van der Waals surface area contributed by atoms with E-state index in [-0.39, 0.29) is 23.8 Å². The van der Waals surface area contributed by atoms with Gasteiger partial charge in [-0.05, 0) is 113 Å².